The van der Waals surface area contributed by atoms with Crippen molar-refractivity contribution in [3.05, 3.63) is 52.5 Å². The molecule has 0 spiro atoms. The van der Waals surface area contributed by atoms with Crippen molar-refractivity contribution in [1.82, 2.24) is 4.31 Å². The summed E-state index contributed by atoms with van der Waals surface area (Å²) in [4.78, 5) is 12.4. The van der Waals surface area contributed by atoms with Crippen LogP contribution in [0.1, 0.15) is 29.8 Å². The zero-order valence-corrected chi connectivity index (χ0v) is 18.0. The van der Waals surface area contributed by atoms with E-state index in [0.29, 0.717) is 6.07 Å². The topological polar surface area (TPSA) is 75.7 Å². The van der Waals surface area contributed by atoms with Crippen molar-refractivity contribution in [3.8, 4) is 5.75 Å². The van der Waals surface area contributed by atoms with Crippen LogP contribution in [0.25, 0.3) is 0 Å². The van der Waals surface area contributed by atoms with Crippen molar-refractivity contribution in [2.24, 2.45) is 0 Å². The first-order valence-electron chi connectivity index (χ1n) is 8.82. The fourth-order valence-electron chi connectivity index (χ4n) is 2.71. The van der Waals surface area contributed by atoms with Crippen molar-refractivity contribution in [1.29, 1.82) is 0 Å². The molecule has 1 N–H and O–H groups in total. The zero-order valence-electron chi connectivity index (χ0n) is 16.4. The summed E-state index contributed by atoms with van der Waals surface area (Å²) in [6, 6.07) is 6.24. The van der Waals surface area contributed by atoms with Gasteiger partial charge in [-0.3, -0.25) is 4.79 Å². The number of sulfonamides is 1. The Balaban J connectivity index is 2.45. The number of hydrogen-bond acceptors (Lipinski definition) is 4. The van der Waals surface area contributed by atoms with Gasteiger partial charge in [-0.15, -0.1) is 0 Å². The average molecular weight is 465 g/mol. The number of nitrogens with zero attached hydrogens (tertiary/aromatic N) is 1. The Hall–Kier alpha value is -2.30. The van der Waals surface area contributed by atoms with Crippen LogP contribution < -0.4 is 10.1 Å². The van der Waals surface area contributed by atoms with Crippen LogP contribution in [0.5, 0.6) is 5.75 Å². The largest absolute Gasteiger partial charge is 0.495 e. The van der Waals surface area contributed by atoms with Gasteiger partial charge in [0.05, 0.1) is 23.4 Å². The first-order valence-corrected chi connectivity index (χ1v) is 10.6. The Bertz CT molecular complexity index is 1040. The minimum atomic E-state index is -4.62. The van der Waals surface area contributed by atoms with E-state index in [9.17, 15) is 26.4 Å². The summed E-state index contributed by atoms with van der Waals surface area (Å²) in [5, 5.41) is 2.20. The second-order valence-corrected chi connectivity index (χ2v) is 8.42. The van der Waals surface area contributed by atoms with Gasteiger partial charge >= 0.3 is 6.18 Å². The molecule has 2 aromatic carbocycles. The Kier molecular flexibility index (Phi) is 7.38. The Morgan fingerprint density at radius 3 is 2.30 bits per heavy atom. The molecule has 0 bridgehead atoms. The third-order valence-corrected chi connectivity index (χ3v) is 6.69. The number of nitrogens with one attached hydrogen (secondary N) is 1. The van der Waals surface area contributed by atoms with Crippen molar-refractivity contribution in [2.75, 3.05) is 25.5 Å². The van der Waals surface area contributed by atoms with Crippen LogP contribution in [0, 0.1) is 0 Å². The van der Waals surface area contributed by atoms with Crippen LogP contribution in [0.3, 0.4) is 0 Å². The first kappa shape index (κ1) is 24.0. The van der Waals surface area contributed by atoms with Gasteiger partial charge in [0.2, 0.25) is 10.0 Å². The molecule has 2 rings (SSSR count). The zero-order chi connectivity index (χ0) is 22.7. The first-order chi connectivity index (χ1) is 13.9. The number of halogens is 4. The molecular formula is C19H20ClF3N2O4S. The fraction of sp³-hybridized carbons (Fsp3) is 0.316. The molecule has 30 heavy (non-hydrogen) atoms. The van der Waals surface area contributed by atoms with Gasteiger partial charge in [-0.25, -0.2) is 8.42 Å². The third kappa shape index (κ3) is 5.05. The summed E-state index contributed by atoms with van der Waals surface area (Å²) in [7, 11) is -2.66. The highest BCUT2D eigenvalue weighted by Gasteiger charge is 2.31. The van der Waals surface area contributed by atoms with E-state index in [4.69, 9.17) is 16.3 Å². The number of rotatable bonds is 7. The summed E-state index contributed by atoms with van der Waals surface area (Å²) < 4.78 is 70.9. The number of benzene rings is 2. The number of carbonyl (C=O) groups excluding carboxylic acids is 1. The van der Waals surface area contributed by atoms with Crippen molar-refractivity contribution < 1.29 is 31.1 Å². The Labute approximate surface area is 177 Å². The second kappa shape index (κ2) is 9.23. The van der Waals surface area contributed by atoms with Crippen LogP contribution in [-0.4, -0.2) is 38.8 Å². The smallest absolute Gasteiger partial charge is 0.416 e. The van der Waals surface area contributed by atoms with E-state index in [2.05, 4.69) is 5.32 Å². The van der Waals surface area contributed by atoms with E-state index in [1.807, 2.05) is 0 Å². The van der Waals surface area contributed by atoms with Crippen LogP contribution >= 0.6 is 11.6 Å². The molecule has 0 saturated carbocycles. The van der Waals surface area contributed by atoms with Gasteiger partial charge in [0.25, 0.3) is 5.91 Å². The summed E-state index contributed by atoms with van der Waals surface area (Å²) in [6.07, 6.45) is -4.62. The quantitative estimate of drug-likeness (QED) is 0.647. The number of carbonyl (C=O) groups is 1. The molecule has 0 aliphatic carbocycles. The number of amides is 1. The van der Waals surface area contributed by atoms with Gasteiger partial charge in [-0.05, 0) is 36.4 Å². The monoisotopic (exact) mass is 464 g/mol. The summed E-state index contributed by atoms with van der Waals surface area (Å²) in [6.45, 7) is 3.75. The molecule has 1 amide bonds. The molecule has 0 heterocycles. The normalized spacial score (nSPS) is 12.1. The van der Waals surface area contributed by atoms with Crippen molar-refractivity contribution in [3.63, 3.8) is 0 Å². The molecule has 0 saturated heterocycles. The van der Waals surface area contributed by atoms with Crippen LogP contribution in [0.4, 0.5) is 18.9 Å². The average Bonchev–Trinajstić information content (AvgIpc) is 2.68. The molecule has 0 fully saturated rings. The molecular weight excluding hydrogens is 445 g/mol. The summed E-state index contributed by atoms with van der Waals surface area (Å²) in [5.41, 5.74) is -1.32. The number of anilines is 1. The molecule has 0 radical (unpaired) electrons. The van der Waals surface area contributed by atoms with Crippen molar-refractivity contribution >= 4 is 33.2 Å². The second-order valence-electron chi connectivity index (χ2n) is 6.10. The van der Waals surface area contributed by atoms with E-state index >= 15 is 0 Å². The summed E-state index contributed by atoms with van der Waals surface area (Å²) in [5.74, 6) is -0.787. The van der Waals surface area contributed by atoms with Gasteiger partial charge in [0.15, 0.2) is 0 Å². The Morgan fingerprint density at radius 2 is 1.77 bits per heavy atom. The fourth-order valence-corrected chi connectivity index (χ4v) is 4.52. The Morgan fingerprint density at radius 1 is 1.13 bits per heavy atom. The third-order valence-electron chi connectivity index (χ3n) is 4.29. The predicted octanol–water partition coefficient (Wildman–Crippen LogP) is 4.65. The standard InChI is InChI=1S/C19H20ClF3N2O4S/c1-4-25(5-2)30(27,28)17-10-12(6-9-16(17)29-3)18(26)24-15-11-13(19(21,22)23)7-8-14(15)20/h6-11H,4-5H2,1-3H3,(H,24,26). The molecule has 11 heteroatoms. The number of ether oxygens (including phenoxy) is 1. The molecule has 6 nitrogen and oxygen atoms in total. The number of methoxy groups -OCH3 is 1. The van der Waals surface area contributed by atoms with E-state index < -0.39 is 27.7 Å². The predicted molar refractivity (Wildman–Crippen MR) is 108 cm³/mol. The van der Waals surface area contributed by atoms with Crippen LogP contribution in [-0.2, 0) is 16.2 Å². The lowest BCUT2D eigenvalue weighted by Gasteiger charge is -2.20. The van der Waals surface area contributed by atoms with Gasteiger partial charge in [0, 0.05) is 18.7 Å². The number of hydrogen-bond donors (Lipinski definition) is 1. The highest BCUT2D eigenvalue weighted by Crippen LogP contribution is 2.34. The maximum absolute atomic E-state index is 12.9. The van der Waals surface area contributed by atoms with E-state index in [-0.39, 0.29) is 40.0 Å². The number of alkyl halides is 3. The molecule has 0 atom stereocenters. The van der Waals surface area contributed by atoms with Crippen molar-refractivity contribution in [2.45, 2.75) is 24.9 Å². The van der Waals surface area contributed by atoms with E-state index in [0.717, 1.165) is 18.2 Å². The van der Waals surface area contributed by atoms with Gasteiger partial charge < -0.3 is 10.1 Å². The molecule has 2 aromatic rings. The van der Waals surface area contributed by atoms with Crippen LogP contribution in [0.2, 0.25) is 5.02 Å². The molecule has 0 aromatic heterocycles. The van der Waals surface area contributed by atoms with Gasteiger partial charge in [0.1, 0.15) is 10.6 Å². The molecule has 0 unspecified atom stereocenters. The molecule has 164 valence electrons. The maximum Gasteiger partial charge on any atom is 0.416 e. The lowest BCUT2D eigenvalue weighted by Crippen LogP contribution is -2.31. The van der Waals surface area contributed by atoms with E-state index in [1.165, 1.54) is 23.5 Å². The minimum Gasteiger partial charge on any atom is -0.495 e. The van der Waals surface area contributed by atoms with Crippen LogP contribution in [0.15, 0.2) is 41.3 Å². The van der Waals surface area contributed by atoms with E-state index in [1.54, 1.807) is 13.8 Å². The van der Waals surface area contributed by atoms with Gasteiger partial charge in [-0.1, -0.05) is 25.4 Å². The summed E-state index contributed by atoms with van der Waals surface area (Å²) >= 11 is 5.90. The highest BCUT2D eigenvalue weighted by molar-refractivity contribution is 7.89. The molecule has 0 aliphatic rings. The minimum absolute atomic E-state index is 0.0375. The lowest BCUT2D eigenvalue weighted by atomic mass is 10.1. The molecule has 0 aliphatic heterocycles. The SMILES string of the molecule is CCN(CC)S(=O)(=O)c1cc(C(=O)Nc2cc(C(F)(F)F)ccc2Cl)ccc1OC. The van der Waals surface area contributed by atoms with Gasteiger partial charge in [-0.2, -0.15) is 17.5 Å². The lowest BCUT2D eigenvalue weighted by molar-refractivity contribution is -0.137. The highest BCUT2D eigenvalue weighted by atomic mass is 35.5. The maximum atomic E-state index is 12.9.